The van der Waals surface area contributed by atoms with Gasteiger partial charge in [-0.15, -0.1) is 0 Å². The summed E-state index contributed by atoms with van der Waals surface area (Å²) in [4.78, 5) is 10.5. The molecule has 0 aliphatic carbocycles. The van der Waals surface area contributed by atoms with E-state index in [0.717, 1.165) is 0 Å². The van der Waals surface area contributed by atoms with Crippen LogP contribution in [0.15, 0.2) is 16.5 Å². The average molecular weight is 184 g/mol. The van der Waals surface area contributed by atoms with Crippen LogP contribution in [0.3, 0.4) is 0 Å². The summed E-state index contributed by atoms with van der Waals surface area (Å²) in [6, 6.07) is 1.41. The molecule has 5 heteroatoms. The zero-order valence-electron chi connectivity index (χ0n) is 7.23. The summed E-state index contributed by atoms with van der Waals surface area (Å²) in [5, 5.41) is 8.57. The van der Waals surface area contributed by atoms with Gasteiger partial charge in [-0.3, -0.25) is 4.79 Å². The first-order chi connectivity index (χ1) is 6.02. The third-order valence-corrected chi connectivity index (χ3v) is 1.76. The molecular formula is C8H12N2O3. The maximum Gasteiger partial charge on any atom is 0.322 e. The predicted molar refractivity (Wildman–Crippen MR) is 46.0 cm³/mol. The molecule has 0 bridgehead atoms. The average Bonchev–Trinajstić information content (AvgIpc) is 2.49. The van der Waals surface area contributed by atoms with E-state index in [0.29, 0.717) is 11.5 Å². The number of aryl methyl sites for hydroxylation is 1. The third kappa shape index (κ3) is 2.07. The summed E-state index contributed by atoms with van der Waals surface area (Å²) in [7, 11) is 0. The molecule has 0 fully saturated rings. The number of hydrogen-bond donors (Lipinski definition) is 3. The fourth-order valence-corrected chi connectivity index (χ4v) is 0.963. The molecule has 0 saturated carbocycles. The monoisotopic (exact) mass is 184 g/mol. The van der Waals surface area contributed by atoms with Gasteiger partial charge in [0.25, 0.3) is 0 Å². The SMILES string of the molecule is Cc1ccc(C(N)C(N)C(=O)O)o1. The van der Waals surface area contributed by atoms with Gasteiger partial charge in [-0.05, 0) is 19.1 Å². The molecule has 0 aliphatic rings. The van der Waals surface area contributed by atoms with E-state index in [1.54, 1.807) is 19.1 Å². The topological polar surface area (TPSA) is 102 Å². The summed E-state index contributed by atoms with van der Waals surface area (Å²) < 4.78 is 5.15. The Bertz CT molecular complexity index is 308. The minimum atomic E-state index is -1.14. The van der Waals surface area contributed by atoms with Gasteiger partial charge < -0.3 is 21.0 Å². The van der Waals surface area contributed by atoms with Gasteiger partial charge in [0.15, 0.2) is 0 Å². The maximum absolute atomic E-state index is 10.5. The van der Waals surface area contributed by atoms with E-state index in [1.165, 1.54) is 0 Å². The van der Waals surface area contributed by atoms with Crippen LogP contribution in [-0.4, -0.2) is 17.1 Å². The highest BCUT2D eigenvalue weighted by Gasteiger charge is 2.24. The van der Waals surface area contributed by atoms with Crippen LogP contribution < -0.4 is 11.5 Å². The van der Waals surface area contributed by atoms with Crippen molar-refractivity contribution in [2.75, 3.05) is 0 Å². The highest BCUT2D eigenvalue weighted by Crippen LogP contribution is 2.16. The molecule has 5 nitrogen and oxygen atoms in total. The van der Waals surface area contributed by atoms with Crippen LogP contribution in [-0.2, 0) is 4.79 Å². The highest BCUT2D eigenvalue weighted by atomic mass is 16.4. The zero-order valence-corrected chi connectivity index (χ0v) is 7.23. The Morgan fingerprint density at radius 1 is 1.54 bits per heavy atom. The van der Waals surface area contributed by atoms with E-state index in [9.17, 15) is 4.79 Å². The van der Waals surface area contributed by atoms with Gasteiger partial charge in [-0.25, -0.2) is 0 Å². The minimum absolute atomic E-state index is 0.396. The molecule has 0 aromatic carbocycles. The lowest BCUT2D eigenvalue weighted by molar-refractivity contribution is -0.139. The van der Waals surface area contributed by atoms with Crippen molar-refractivity contribution in [1.82, 2.24) is 0 Å². The summed E-state index contributed by atoms with van der Waals surface area (Å²) in [6.45, 7) is 1.75. The van der Waals surface area contributed by atoms with Gasteiger partial charge in [0.1, 0.15) is 17.6 Å². The maximum atomic E-state index is 10.5. The molecule has 72 valence electrons. The molecule has 1 aromatic heterocycles. The molecule has 1 aromatic rings. The van der Waals surface area contributed by atoms with E-state index in [2.05, 4.69) is 0 Å². The van der Waals surface area contributed by atoms with Crippen LogP contribution in [0.4, 0.5) is 0 Å². The quantitative estimate of drug-likeness (QED) is 0.613. The second-order valence-electron chi connectivity index (χ2n) is 2.84. The van der Waals surface area contributed by atoms with Crippen LogP contribution in [0.5, 0.6) is 0 Å². The Morgan fingerprint density at radius 2 is 2.15 bits per heavy atom. The van der Waals surface area contributed by atoms with Gasteiger partial charge in [0.05, 0.1) is 6.04 Å². The summed E-state index contributed by atoms with van der Waals surface area (Å²) in [5.74, 6) is -0.0583. The number of carboxylic acids is 1. The standard InChI is InChI=1S/C8H12N2O3/c1-4-2-3-5(13-4)6(9)7(10)8(11)12/h2-3,6-7H,9-10H2,1H3,(H,11,12). The van der Waals surface area contributed by atoms with Crippen molar-refractivity contribution in [3.63, 3.8) is 0 Å². The fraction of sp³-hybridized carbons (Fsp3) is 0.375. The van der Waals surface area contributed by atoms with E-state index >= 15 is 0 Å². The lowest BCUT2D eigenvalue weighted by atomic mass is 10.1. The van der Waals surface area contributed by atoms with E-state index < -0.39 is 18.1 Å². The number of nitrogens with two attached hydrogens (primary N) is 2. The van der Waals surface area contributed by atoms with Gasteiger partial charge in [-0.1, -0.05) is 0 Å². The molecule has 2 atom stereocenters. The molecular weight excluding hydrogens is 172 g/mol. The first-order valence-electron chi connectivity index (χ1n) is 3.82. The van der Waals surface area contributed by atoms with Crippen molar-refractivity contribution in [1.29, 1.82) is 0 Å². The number of aliphatic carboxylic acids is 1. The van der Waals surface area contributed by atoms with Crippen LogP contribution in [0, 0.1) is 6.92 Å². The highest BCUT2D eigenvalue weighted by molar-refractivity contribution is 5.74. The van der Waals surface area contributed by atoms with E-state index in [-0.39, 0.29) is 0 Å². The van der Waals surface area contributed by atoms with Crippen LogP contribution in [0.1, 0.15) is 17.6 Å². The lowest BCUT2D eigenvalue weighted by Crippen LogP contribution is -2.40. The normalized spacial score (nSPS) is 15.3. The van der Waals surface area contributed by atoms with E-state index in [4.69, 9.17) is 21.0 Å². The Morgan fingerprint density at radius 3 is 2.54 bits per heavy atom. The van der Waals surface area contributed by atoms with Crippen molar-refractivity contribution in [3.8, 4) is 0 Å². The Hall–Kier alpha value is -1.33. The van der Waals surface area contributed by atoms with Gasteiger partial charge in [0, 0.05) is 0 Å². The smallest absolute Gasteiger partial charge is 0.322 e. The second-order valence-corrected chi connectivity index (χ2v) is 2.84. The van der Waals surface area contributed by atoms with Crippen molar-refractivity contribution < 1.29 is 14.3 Å². The summed E-state index contributed by atoms with van der Waals surface area (Å²) >= 11 is 0. The fourth-order valence-electron chi connectivity index (χ4n) is 0.963. The number of hydrogen-bond acceptors (Lipinski definition) is 4. The number of rotatable bonds is 3. The van der Waals surface area contributed by atoms with Crippen LogP contribution >= 0.6 is 0 Å². The van der Waals surface area contributed by atoms with Crippen molar-refractivity contribution in [3.05, 3.63) is 23.7 Å². The van der Waals surface area contributed by atoms with Gasteiger partial charge in [-0.2, -0.15) is 0 Å². The molecule has 13 heavy (non-hydrogen) atoms. The second kappa shape index (κ2) is 3.59. The molecule has 0 saturated heterocycles. The molecule has 0 radical (unpaired) electrons. The Kier molecular flexibility index (Phi) is 2.69. The molecule has 1 heterocycles. The van der Waals surface area contributed by atoms with Gasteiger partial charge in [0.2, 0.25) is 0 Å². The largest absolute Gasteiger partial charge is 0.480 e. The number of carboxylic acid groups (broad SMARTS) is 1. The molecule has 5 N–H and O–H groups in total. The van der Waals surface area contributed by atoms with Crippen LogP contribution in [0.2, 0.25) is 0 Å². The Balaban J connectivity index is 2.78. The zero-order chi connectivity index (χ0) is 10.0. The third-order valence-electron chi connectivity index (χ3n) is 1.76. The molecule has 2 unspecified atom stereocenters. The molecule has 0 aliphatic heterocycles. The number of furan rings is 1. The first kappa shape index (κ1) is 9.76. The minimum Gasteiger partial charge on any atom is -0.480 e. The van der Waals surface area contributed by atoms with Crippen molar-refractivity contribution >= 4 is 5.97 Å². The van der Waals surface area contributed by atoms with E-state index in [1.807, 2.05) is 0 Å². The Labute approximate surface area is 75.3 Å². The predicted octanol–water partition coefficient (Wildman–Crippen LogP) is -0.000280. The van der Waals surface area contributed by atoms with Gasteiger partial charge >= 0.3 is 5.97 Å². The van der Waals surface area contributed by atoms with Crippen molar-refractivity contribution in [2.45, 2.75) is 19.0 Å². The molecule has 0 amide bonds. The summed E-state index contributed by atoms with van der Waals surface area (Å²) in [6.07, 6.45) is 0. The van der Waals surface area contributed by atoms with Crippen LogP contribution in [0.25, 0.3) is 0 Å². The first-order valence-corrected chi connectivity index (χ1v) is 3.82. The summed E-state index contributed by atoms with van der Waals surface area (Å²) in [5.41, 5.74) is 10.9. The lowest BCUT2D eigenvalue weighted by Gasteiger charge is -2.12. The van der Waals surface area contributed by atoms with Crippen molar-refractivity contribution in [2.24, 2.45) is 11.5 Å². The number of carbonyl (C=O) groups is 1. The molecule has 0 spiro atoms. The molecule has 1 rings (SSSR count).